The molecule has 20 heavy (non-hydrogen) atoms. The van der Waals surface area contributed by atoms with Gasteiger partial charge in [0, 0.05) is 10.8 Å². The summed E-state index contributed by atoms with van der Waals surface area (Å²) in [5.74, 6) is 2.28. The van der Waals surface area contributed by atoms with Gasteiger partial charge in [-0.15, -0.1) is 0 Å². The van der Waals surface area contributed by atoms with E-state index < -0.39 is 0 Å². The van der Waals surface area contributed by atoms with E-state index >= 15 is 0 Å². The van der Waals surface area contributed by atoms with Crippen molar-refractivity contribution in [1.29, 1.82) is 0 Å². The molecular formula is C17H27NOS. The topological polar surface area (TPSA) is 21.3 Å². The average Bonchev–Trinajstić information content (AvgIpc) is 2.86. The Bertz CT molecular complexity index is 466. The lowest BCUT2D eigenvalue weighted by atomic mass is 9.87. The van der Waals surface area contributed by atoms with Crippen LogP contribution in [-0.4, -0.2) is 24.2 Å². The van der Waals surface area contributed by atoms with Crippen molar-refractivity contribution in [3.63, 3.8) is 0 Å². The van der Waals surface area contributed by atoms with Crippen LogP contribution in [0, 0.1) is 13.8 Å². The zero-order valence-electron chi connectivity index (χ0n) is 13.4. The first kappa shape index (κ1) is 15.7. The Morgan fingerprint density at radius 2 is 2.10 bits per heavy atom. The Morgan fingerprint density at radius 3 is 2.65 bits per heavy atom. The van der Waals surface area contributed by atoms with Gasteiger partial charge in [0.25, 0.3) is 0 Å². The van der Waals surface area contributed by atoms with Crippen LogP contribution < -0.4 is 10.1 Å². The molecule has 0 radical (unpaired) electrons. The molecule has 0 bridgehead atoms. The number of aryl methyl sites for hydroxylation is 2. The van der Waals surface area contributed by atoms with E-state index in [9.17, 15) is 0 Å². The molecule has 0 spiro atoms. The standard InChI is InChI=1S/C17H27NOS/c1-6-18-16(17(4)8-7-9-20-17)14-10-13(3)15(19-5)11-12(14)2/h10-11,16,18H,6-9H2,1-5H3. The van der Waals surface area contributed by atoms with E-state index in [4.69, 9.17) is 4.74 Å². The number of nitrogens with one attached hydrogen (secondary N) is 1. The second-order valence-electron chi connectivity index (χ2n) is 5.93. The predicted molar refractivity (Wildman–Crippen MR) is 89.0 cm³/mol. The van der Waals surface area contributed by atoms with Gasteiger partial charge in [0.15, 0.2) is 0 Å². The molecule has 112 valence electrons. The second-order valence-corrected chi connectivity index (χ2v) is 7.56. The molecule has 1 aliphatic rings. The minimum Gasteiger partial charge on any atom is -0.496 e. The van der Waals surface area contributed by atoms with E-state index in [1.807, 2.05) is 0 Å². The van der Waals surface area contributed by atoms with Crippen molar-refractivity contribution in [2.75, 3.05) is 19.4 Å². The lowest BCUT2D eigenvalue weighted by Crippen LogP contribution is -2.38. The van der Waals surface area contributed by atoms with Crippen LogP contribution in [0.5, 0.6) is 5.75 Å². The summed E-state index contributed by atoms with van der Waals surface area (Å²) in [5.41, 5.74) is 3.98. The summed E-state index contributed by atoms with van der Waals surface area (Å²) in [6.07, 6.45) is 2.62. The Kier molecular flexibility index (Phi) is 5.03. The van der Waals surface area contributed by atoms with Crippen molar-refractivity contribution < 1.29 is 4.74 Å². The van der Waals surface area contributed by atoms with Crippen LogP contribution in [0.4, 0.5) is 0 Å². The Morgan fingerprint density at radius 1 is 1.35 bits per heavy atom. The third kappa shape index (κ3) is 2.99. The van der Waals surface area contributed by atoms with Gasteiger partial charge in [-0.1, -0.05) is 13.0 Å². The molecule has 0 amide bonds. The summed E-state index contributed by atoms with van der Waals surface area (Å²) < 4.78 is 5.75. The predicted octanol–water partition coefficient (Wildman–Crippen LogP) is 4.25. The number of hydrogen-bond acceptors (Lipinski definition) is 3. The molecule has 2 unspecified atom stereocenters. The van der Waals surface area contributed by atoms with Crippen LogP contribution in [0.2, 0.25) is 0 Å². The van der Waals surface area contributed by atoms with E-state index in [0.29, 0.717) is 10.8 Å². The van der Waals surface area contributed by atoms with Crippen LogP contribution in [0.3, 0.4) is 0 Å². The highest BCUT2D eigenvalue weighted by atomic mass is 32.2. The maximum absolute atomic E-state index is 5.45. The van der Waals surface area contributed by atoms with E-state index in [1.54, 1.807) is 7.11 Å². The summed E-state index contributed by atoms with van der Waals surface area (Å²) in [4.78, 5) is 0. The van der Waals surface area contributed by atoms with Crippen molar-refractivity contribution in [1.82, 2.24) is 5.32 Å². The van der Waals surface area contributed by atoms with E-state index in [0.717, 1.165) is 12.3 Å². The first-order valence-electron chi connectivity index (χ1n) is 7.54. The van der Waals surface area contributed by atoms with Gasteiger partial charge in [0.2, 0.25) is 0 Å². The number of ether oxygens (including phenoxy) is 1. The Labute approximate surface area is 127 Å². The molecule has 1 fully saturated rings. The number of hydrogen-bond donors (Lipinski definition) is 1. The Hall–Kier alpha value is -0.670. The molecule has 1 heterocycles. The first-order chi connectivity index (χ1) is 9.51. The van der Waals surface area contributed by atoms with Crippen molar-refractivity contribution in [2.24, 2.45) is 0 Å². The first-order valence-corrected chi connectivity index (χ1v) is 8.53. The van der Waals surface area contributed by atoms with Crippen LogP contribution in [0.15, 0.2) is 12.1 Å². The van der Waals surface area contributed by atoms with Crippen molar-refractivity contribution >= 4 is 11.8 Å². The van der Waals surface area contributed by atoms with E-state index in [2.05, 4.69) is 56.9 Å². The van der Waals surface area contributed by atoms with Gasteiger partial charge in [0.05, 0.1) is 7.11 Å². The van der Waals surface area contributed by atoms with Gasteiger partial charge in [0.1, 0.15) is 5.75 Å². The zero-order valence-corrected chi connectivity index (χ0v) is 14.2. The molecule has 0 aliphatic carbocycles. The van der Waals surface area contributed by atoms with E-state index in [1.165, 1.54) is 35.3 Å². The fourth-order valence-electron chi connectivity index (χ4n) is 3.23. The lowest BCUT2D eigenvalue weighted by Gasteiger charge is -2.35. The fraction of sp³-hybridized carbons (Fsp3) is 0.647. The van der Waals surface area contributed by atoms with Crippen LogP contribution in [0.1, 0.15) is 49.4 Å². The molecule has 0 aromatic heterocycles. The van der Waals surface area contributed by atoms with Gasteiger partial charge in [-0.2, -0.15) is 11.8 Å². The second kappa shape index (κ2) is 6.40. The SMILES string of the molecule is CCNC(c1cc(C)c(OC)cc1C)C1(C)CCCS1. The van der Waals surface area contributed by atoms with Crippen molar-refractivity contribution in [3.05, 3.63) is 28.8 Å². The molecule has 1 aliphatic heterocycles. The van der Waals surface area contributed by atoms with Gasteiger partial charge in [-0.3, -0.25) is 0 Å². The maximum atomic E-state index is 5.45. The Balaban J connectivity index is 2.41. The van der Waals surface area contributed by atoms with Crippen molar-refractivity contribution in [3.8, 4) is 5.75 Å². The van der Waals surface area contributed by atoms with Gasteiger partial charge < -0.3 is 10.1 Å². The highest BCUT2D eigenvalue weighted by molar-refractivity contribution is 8.00. The van der Waals surface area contributed by atoms with E-state index in [-0.39, 0.29) is 0 Å². The third-order valence-corrected chi connectivity index (χ3v) is 5.95. The number of methoxy groups -OCH3 is 1. The smallest absolute Gasteiger partial charge is 0.122 e. The van der Waals surface area contributed by atoms with Gasteiger partial charge >= 0.3 is 0 Å². The maximum Gasteiger partial charge on any atom is 0.122 e. The summed E-state index contributed by atoms with van der Waals surface area (Å²) in [6, 6.07) is 4.91. The van der Waals surface area contributed by atoms with Crippen molar-refractivity contribution in [2.45, 2.75) is 51.3 Å². The molecule has 1 saturated heterocycles. The summed E-state index contributed by atoms with van der Waals surface area (Å²) in [7, 11) is 1.75. The minimum atomic E-state index is 0.307. The third-order valence-electron chi connectivity index (χ3n) is 4.36. The van der Waals surface area contributed by atoms with Crippen LogP contribution in [0.25, 0.3) is 0 Å². The zero-order chi connectivity index (χ0) is 14.8. The largest absolute Gasteiger partial charge is 0.496 e. The highest BCUT2D eigenvalue weighted by Crippen LogP contribution is 2.47. The monoisotopic (exact) mass is 293 g/mol. The molecule has 3 heteroatoms. The van der Waals surface area contributed by atoms with Crippen LogP contribution in [-0.2, 0) is 0 Å². The molecule has 0 saturated carbocycles. The summed E-state index contributed by atoms with van der Waals surface area (Å²) in [6.45, 7) is 9.95. The number of thioether (sulfide) groups is 1. The number of benzene rings is 1. The molecule has 2 nitrogen and oxygen atoms in total. The quantitative estimate of drug-likeness (QED) is 0.877. The number of rotatable bonds is 5. The minimum absolute atomic E-state index is 0.307. The molecule has 2 rings (SSSR count). The normalized spacial score (nSPS) is 23.9. The van der Waals surface area contributed by atoms with Gasteiger partial charge in [-0.05, 0) is 68.7 Å². The molecule has 2 atom stereocenters. The summed E-state index contributed by atoms with van der Waals surface area (Å²) in [5, 5.41) is 3.73. The molecule has 1 N–H and O–H groups in total. The average molecular weight is 293 g/mol. The highest BCUT2D eigenvalue weighted by Gasteiger charge is 2.39. The fourth-order valence-corrected chi connectivity index (χ4v) is 4.65. The van der Waals surface area contributed by atoms with Gasteiger partial charge in [-0.25, -0.2) is 0 Å². The molecular weight excluding hydrogens is 266 g/mol. The van der Waals surface area contributed by atoms with Crippen LogP contribution >= 0.6 is 11.8 Å². The summed E-state index contributed by atoms with van der Waals surface area (Å²) >= 11 is 2.12. The molecule has 1 aromatic carbocycles. The molecule has 1 aromatic rings. The lowest BCUT2D eigenvalue weighted by molar-refractivity contribution is 0.405.